The highest BCUT2D eigenvalue weighted by Gasteiger charge is 2.31. The van der Waals surface area contributed by atoms with E-state index in [-0.39, 0.29) is 17.9 Å². The topological polar surface area (TPSA) is 131 Å². The summed E-state index contributed by atoms with van der Waals surface area (Å²) in [5, 5.41) is 0. The van der Waals surface area contributed by atoms with E-state index in [2.05, 4.69) is 0 Å². The van der Waals surface area contributed by atoms with Gasteiger partial charge in [-0.25, -0.2) is 0 Å². The molecule has 1 rings (SSSR count). The van der Waals surface area contributed by atoms with Crippen molar-refractivity contribution in [3.63, 3.8) is 0 Å². The maximum atomic E-state index is 12.6. The molecule has 0 aliphatic heterocycles. The number of carbonyl (C=O) groups is 4. The third kappa shape index (κ3) is 10.1. The van der Waals surface area contributed by atoms with Gasteiger partial charge in [0, 0.05) is 0 Å². The lowest BCUT2D eigenvalue weighted by atomic mass is 9.97. The van der Waals surface area contributed by atoms with Crippen molar-refractivity contribution >= 4 is 23.9 Å². The summed E-state index contributed by atoms with van der Waals surface area (Å²) >= 11 is 0. The second-order valence-corrected chi connectivity index (χ2v) is 12.4. The van der Waals surface area contributed by atoms with Gasteiger partial charge < -0.3 is 24.7 Å². The summed E-state index contributed by atoms with van der Waals surface area (Å²) < 4.78 is 21.8. The molecule has 0 radical (unpaired) electrons. The van der Waals surface area contributed by atoms with E-state index in [0.29, 0.717) is 5.56 Å². The minimum atomic E-state index is -1.04. The normalized spacial score (nSPS) is 14.7. The molecule has 37 heavy (non-hydrogen) atoms. The zero-order valence-electron chi connectivity index (χ0n) is 24.0. The van der Waals surface area contributed by atoms with E-state index in [4.69, 9.17) is 24.7 Å². The first-order valence-corrected chi connectivity index (χ1v) is 12.4. The first-order valence-electron chi connectivity index (χ1n) is 12.4. The fraction of sp³-hybridized carbons (Fsp3) is 0.643. The zero-order chi connectivity index (χ0) is 28.9. The van der Waals surface area contributed by atoms with Gasteiger partial charge in [-0.05, 0) is 100 Å². The predicted molar refractivity (Wildman–Crippen MR) is 139 cm³/mol. The van der Waals surface area contributed by atoms with Crippen LogP contribution in [-0.4, -0.2) is 42.1 Å². The van der Waals surface area contributed by atoms with E-state index in [1.54, 1.807) is 82.2 Å². The average molecular weight is 522 g/mol. The van der Waals surface area contributed by atoms with E-state index in [9.17, 15) is 19.2 Å². The highest BCUT2D eigenvalue weighted by atomic mass is 16.6. The van der Waals surface area contributed by atoms with Gasteiger partial charge in [-0.15, -0.1) is 0 Å². The summed E-state index contributed by atoms with van der Waals surface area (Å²) in [5.41, 5.74) is 4.40. The van der Waals surface area contributed by atoms with E-state index < -0.39 is 58.4 Å². The molecule has 0 aliphatic rings. The molecule has 0 aromatic heterocycles. The van der Waals surface area contributed by atoms with Gasteiger partial charge in [0.15, 0.2) is 11.5 Å². The fourth-order valence-corrected chi connectivity index (χ4v) is 2.49. The van der Waals surface area contributed by atoms with Crippen LogP contribution in [0.5, 0.6) is 11.5 Å². The Morgan fingerprint density at radius 2 is 1.14 bits per heavy atom. The molecule has 0 bridgehead atoms. The van der Waals surface area contributed by atoms with Gasteiger partial charge in [0.1, 0.15) is 18.2 Å². The van der Waals surface area contributed by atoms with Crippen LogP contribution in [0.15, 0.2) is 18.2 Å². The summed E-state index contributed by atoms with van der Waals surface area (Å²) in [6.45, 7) is 18.7. The molecule has 0 saturated carbocycles. The molecule has 0 aliphatic carbocycles. The van der Waals surface area contributed by atoms with Crippen LogP contribution >= 0.6 is 0 Å². The minimum absolute atomic E-state index is 0.0478. The molecular formula is C28H43NO8. The predicted octanol–water partition coefficient (Wildman–Crippen LogP) is 4.37. The van der Waals surface area contributed by atoms with Gasteiger partial charge in [0.05, 0.1) is 16.2 Å². The van der Waals surface area contributed by atoms with Crippen molar-refractivity contribution in [2.75, 3.05) is 0 Å². The highest BCUT2D eigenvalue weighted by molar-refractivity contribution is 5.81. The Morgan fingerprint density at radius 3 is 1.59 bits per heavy atom. The number of hydrogen-bond donors (Lipinski definition) is 1. The third-order valence-corrected chi connectivity index (χ3v) is 5.26. The molecule has 2 N–H and O–H groups in total. The largest absolute Gasteiger partial charge is 0.458 e. The van der Waals surface area contributed by atoms with Gasteiger partial charge in [-0.2, -0.15) is 0 Å². The van der Waals surface area contributed by atoms with Gasteiger partial charge >= 0.3 is 23.9 Å². The van der Waals surface area contributed by atoms with E-state index >= 15 is 0 Å². The van der Waals surface area contributed by atoms with Gasteiger partial charge in [0.2, 0.25) is 0 Å². The highest BCUT2D eigenvalue weighted by Crippen LogP contribution is 2.33. The Balaban J connectivity index is 3.03. The van der Waals surface area contributed by atoms with Crippen LogP contribution in [0.4, 0.5) is 0 Å². The molecule has 0 unspecified atom stereocenters. The number of nitrogens with two attached hydrogens (primary N) is 1. The zero-order valence-corrected chi connectivity index (χ0v) is 24.0. The van der Waals surface area contributed by atoms with E-state index in [1.807, 2.05) is 0 Å². The maximum Gasteiger partial charge on any atom is 0.323 e. The lowest BCUT2D eigenvalue weighted by Crippen LogP contribution is -2.40. The quantitative estimate of drug-likeness (QED) is 0.391. The number of rotatable bonds is 8. The standard InChI is InChI=1S/C28H43NO8/c1-16(17(2)35-23(31)26(3,4)5)34-22(30)19(29)14-18-12-13-20(36-24(32)27(6,7)8)21(15-18)37-25(33)28(9,10)11/h12-13,15-17,19H,14,29H2,1-11H3/t16-,17-,19-/m0/s1. The van der Waals surface area contributed by atoms with Crippen LogP contribution in [0.2, 0.25) is 0 Å². The van der Waals surface area contributed by atoms with Crippen LogP contribution < -0.4 is 15.2 Å². The number of benzene rings is 1. The Kier molecular flexibility index (Phi) is 10.5. The SMILES string of the molecule is C[C@H](OC(=O)[C@@H](N)Cc1ccc(OC(=O)C(C)(C)C)c(OC(=O)C(C)(C)C)c1)[C@H](C)OC(=O)C(C)(C)C. The smallest absolute Gasteiger partial charge is 0.323 e. The third-order valence-electron chi connectivity index (χ3n) is 5.26. The monoisotopic (exact) mass is 521 g/mol. The fourth-order valence-electron chi connectivity index (χ4n) is 2.49. The van der Waals surface area contributed by atoms with Crippen molar-refractivity contribution in [2.24, 2.45) is 22.0 Å². The van der Waals surface area contributed by atoms with Crippen LogP contribution in [0, 0.1) is 16.2 Å². The summed E-state index contributed by atoms with van der Waals surface area (Å²) in [6.07, 6.45) is -1.31. The lowest BCUT2D eigenvalue weighted by molar-refractivity contribution is -0.171. The van der Waals surface area contributed by atoms with Gasteiger partial charge in [-0.1, -0.05) is 6.07 Å². The number of carbonyl (C=O) groups excluding carboxylic acids is 4. The number of ether oxygens (including phenoxy) is 4. The molecule has 0 spiro atoms. The Morgan fingerprint density at radius 1 is 0.703 bits per heavy atom. The van der Waals surface area contributed by atoms with Crippen LogP contribution in [0.1, 0.15) is 81.7 Å². The summed E-state index contributed by atoms with van der Waals surface area (Å²) in [5.74, 6) is -1.97. The van der Waals surface area contributed by atoms with Crippen molar-refractivity contribution in [2.45, 2.75) is 101 Å². The molecule has 0 heterocycles. The molecule has 3 atom stereocenters. The van der Waals surface area contributed by atoms with E-state index in [1.165, 1.54) is 12.1 Å². The van der Waals surface area contributed by atoms with Gasteiger partial charge in [0.25, 0.3) is 0 Å². The maximum absolute atomic E-state index is 12.6. The average Bonchev–Trinajstić information content (AvgIpc) is 2.73. The summed E-state index contributed by atoms with van der Waals surface area (Å²) in [4.78, 5) is 49.7. The van der Waals surface area contributed by atoms with Gasteiger partial charge in [-0.3, -0.25) is 19.2 Å². The first kappa shape index (κ1) is 32.1. The molecule has 1 aromatic rings. The van der Waals surface area contributed by atoms with Crippen LogP contribution in [0.25, 0.3) is 0 Å². The summed E-state index contributed by atoms with van der Waals surface area (Å²) in [6, 6.07) is 3.60. The molecule has 0 fully saturated rings. The van der Waals surface area contributed by atoms with Crippen LogP contribution in [0.3, 0.4) is 0 Å². The van der Waals surface area contributed by atoms with Crippen molar-refractivity contribution in [1.29, 1.82) is 0 Å². The van der Waals surface area contributed by atoms with Crippen molar-refractivity contribution in [1.82, 2.24) is 0 Å². The van der Waals surface area contributed by atoms with Crippen LogP contribution in [-0.2, 0) is 35.1 Å². The molecule has 9 nitrogen and oxygen atoms in total. The molecule has 1 aromatic carbocycles. The van der Waals surface area contributed by atoms with E-state index in [0.717, 1.165) is 0 Å². The number of esters is 4. The molecule has 9 heteroatoms. The second-order valence-electron chi connectivity index (χ2n) is 12.4. The molecular weight excluding hydrogens is 478 g/mol. The van der Waals surface area contributed by atoms with Crippen molar-refractivity contribution in [3.8, 4) is 11.5 Å². The second kappa shape index (κ2) is 12.1. The Labute approximate surface area is 220 Å². The lowest BCUT2D eigenvalue weighted by Gasteiger charge is -2.25. The Hall–Kier alpha value is -2.94. The first-order chi connectivity index (χ1) is 16.6. The van der Waals surface area contributed by atoms with Crippen molar-refractivity contribution in [3.05, 3.63) is 23.8 Å². The number of hydrogen-bond acceptors (Lipinski definition) is 9. The summed E-state index contributed by atoms with van der Waals surface area (Å²) in [7, 11) is 0. The molecule has 208 valence electrons. The Bertz CT molecular complexity index is 995. The molecule has 0 amide bonds. The minimum Gasteiger partial charge on any atom is -0.458 e. The van der Waals surface area contributed by atoms with Crippen molar-refractivity contribution < 1.29 is 38.1 Å². The molecule has 0 saturated heterocycles.